The van der Waals surface area contributed by atoms with E-state index in [2.05, 4.69) is 9.97 Å². The molecule has 0 saturated carbocycles. The van der Waals surface area contributed by atoms with Crippen LogP contribution >= 0.6 is 11.6 Å². The van der Waals surface area contributed by atoms with Crippen LogP contribution in [-0.4, -0.2) is 15.1 Å². The number of phenols is 1. The minimum absolute atomic E-state index is 0.00513. The van der Waals surface area contributed by atoms with Crippen molar-refractivity contribution < 1.29 is 13.9 Å². The van der Waals surface area contributed by atoms with Gasteiger partial charge in [0.05, 0.1) is 11.9 Å². The number of halogens is 3. The van der Waals surface area contributed by atoms with Gasteiger partial charge in [0.2, 0.25) is 0 Å². The summed E-state index contributed by atoms with van der Waals surface area (Å²) in [5.41, 5.74) is 1.79. The first-order valence-electron chi connectivity index (χ1n) is 8.65. The van der Waals surface area contributed by atoms with Crippen molar-refractivity contribution in [2.75, 3.05) is 0 Å². The summed E-state index contributed by atoms with van der Waals surface area (Å²) < 4.78 is 27.5. The summed E-state index contributed by atoms with van der Waals surface area (Å²) in [4.78, 5) is 8.15. The highest BCUT2D eigenvalue weighted by molar-refractivity contribution is 6.31. The number of aromatic nitrogens is 2. The van der Waals surface area contributed by atoms with Crippen molar-refractivity contribution in [2.24, 2.45) is 0 Å². The fourth-order valence-electron chi connectivity index (χ4n) is 3.36. The van der Waals surface area contributed by atoms with E-state index < -0.39 is 17.6 Å². The molecular formula is C22H15ClF2N2O. The Bertz CT molecular complexity index is 1170. The molecule has 0 amide bonds. The van der Waals surface area contributed by atoms with Crippen molar-refractivity contribution in [3.63, 3.8) is 0 Å². The van der Waals surface area contributed by atoms with Gasteiger partial charge in [-0.25, -0.2) is 8.78 Å². The third-order valence-corrected chi connectivity index (χ3v) is 5.06. The first kappa shape index (κ1) is 18.3. The molecular weight excluding hydrogens is 382 g/mol. The molecule has 0 saturated heterocycles. The summed E-state index contributed by atoms with van der Waals surface area (Å²) in [5, 5.41) is 12.2. The minimum atomic E-state index is -0.742. The van der Waals surface area contributed by atoms with Crippen LogP contribution < -0.4 is 0 Å². The highest BCUT2D eigenvalue weighted by Gasteiger charge is 2.24. The van der Waals surface area contributed by atoms with Crippen molar-refractivity contribution in [1.82, 2.24) is 9.97 Å². The molecule has 0 fully saturated rings. The van der Waals surface area contributed by atoms with E-state index in [9.17, 15) is 13.9 Å². The Morgan fingerprint density at radius 1 is 0.964 bits per heavy atom. The maximum atomic E-state index is 14.3. The van der Waals surface area contributed by atoms with Gasteiger partial charge < -0.3 is 5.11 Å². The average Bonchev–Trinajstić information content (AvgIpc) is 2.69. The Kier molecular flexibility index (Phi) is 4.92. The van der Waals surface area contributed by atoms with Crippen molar-refractivity contribution in [2.45, 2.75) is 12.3 Å². The number of phenolic OH excluding ortho intramolecular Hbond substituents is 1. The molecule has 0 spiro atoms. The minimum Gasteiger partial charge on any atom is -0.505 e. The van der Waals surface area contributed by atoms with Gasteiger partial charge in [0.25, 0.3) is 0 Å². The predicted molar refractivity (Wildman–Crippen MR) is 105 cm³/mol. The van der Waals surface area contributed by atoms with Gasteiger partial charge in [-0.15, -0.1) is 0 Å². The van der Waals surface area contributed by atoms with Gasteiger partial charge in [0, 0.05) is 40.6 Å². The zero-order valence-electron chi connectivity index (χ0n) is 14.6. The zero-order chi connectivity index (χ0) is 19.7. The van der Waals surface area contributed by atoms with E-state index in [0.29, 0.717) is 21.7 Å². The van der Waals surface area contributed by atoms with Crippen molar-refractivity contribution in [3.05, 3.63) is 100 Å². The second-order valence-electron chi connectivity index (χ2n) is 6.44. The molecule has 2 aromatic carbocycles. The second kappa shape index (κ2) is 7.52. The van der Waals surface area contributed by atoms with E-state index in [1.807, 2.05) is 24.3 Å². The molecule has 2 heterocycles. The summed E-state index contributed by atoms with van der Waals surface area (Å²) in [6, 6.07) is 15.2. The lowest BCUT2D eigenvalue weighted by Gasteiger charge is -2.21. The quantitative estimate of drug-likeness (QED) is 0.485. The molecule has 1 atom stereocenters. The third-order valence-electron chi connectivity index (χ3n) is 4.72. The Morgan fingerprint density at radius 2 is 1.79 bits per heavy atom. The van der Waals surface area contributed by atoms with Gasteiger partial charge in [0.1, 0.15) is 22.9 Å². The maximum Gasteiger partial charge on any atom is 0.147 e. The second-order valence-corrected chi connectivity index (χ2v) is 6.85. The van der Waals surface area contributed by atoms with E-state index in [0.717, 1.165) is 17.6 Å². The van der Waals surface area contributed by atoms with Crippen LogP contribution in [0.5, 0.6) is 5.75 Å². The van der Waals surface area contributed by atoms with E-state index in [1.165, 1.54) is 0 Å². The largest absolute Gasteiger partial charge is 0.505 e. The number of nitrogens with zero attached hydrogens (tertiary/aromatic N) is 2. The Morgan fingerprint density at radius 3 is 2.57 bits per heavy atom. The highest BCUT2D eigenvalue weighted by Crippen LogP contribution is 2.39. The SMILES string of the molecule is Oc1c(C(Cc2ncc(F)cc2F)c2ccccc2Cl)ccc2cccnc12. The van der Waals surface area contributed by atoms with Crippen molar-refractivity contribution in [3.8, 4) is 5.75 Å². The van der Waals surface area contributed by atoms with Gasteiger partial charge in [-0.1, -0.05) is 48.0 Å². The molecule has 1 N–H and O–H groups in total. The lowest BCUT2D eigenvalue weighted by atomic mass is 9.86. The molecule has 3 nitrogen and oxygen atoms in total. The fraction of sp³-hybridized carbons (Fsp3) is 0.0909. The van der Waals surface area contributed by atoms with Gasteiger partial charge in [-0.2, -0.15) is 0 Å². The monoisotopic (exact) mass is 396 g/mol. The Hall–Kier alpha value is -3.05. The van der Waals surface area contributed by atoms with E-state index in [4.69, 9.17) is 11.6 Å². The summed E-state index contributed by atoms with van der Waals surface area (Å²) >= 11 is 6.40. The summed E-state index contributed by atoms with van der Waals surface area (Å²) in [6.07, 6.45) is 2.67. The van der Waals surface area contributed by atoms with Crippen LogP contribution in [0.1, 0.15) is 22.7 Å². The summed E-state index contributed by atoms with van der Waals surface area (Å²) in [5.74, 6) is -1.97. The average molecular weight is 397 g/mol. The smallest absolute Gasteiger partial charge is 0.147 e. The number of benzene rings is 2. The Balaban J connectivity index is 1.88. The number of pyridine rings is 2. The third kappa shape index (κ3) is 3.41. The molecule has 0 aliphatic heterocycles. The molecule has 2 aromatic heterocycles. The highest BCUT2D eigenvalue weighted by atomic mass is 35.5. The first-order chi connectivity index (χ1) is 13.5. The van der Waals surface area contributed by atoms with Crippen molar-refractivity contribution in [1.29, 1.82) is 0 Å². The first-order valence-corrected chi connectivity index (χ1v) is 9.03. The topological polar surface area (TPSA) is 46.0 Å². The van der Waals surface area contributed by atoms with E-state index >= 15 is 0 Å². The Labute approximate surface area is 165 Å². The molecule has 0 radical (unpaired) electrons. The zero-order valence-corrected chi connectivity index (χ0v) is 15.4. The van der Waals surface area contributed by atoms with Gasteiger partial charge in [-0.3, -0.25) is 9.97 Å². The van der Waals surface area contributed by atoms with Crippen LogP contribution in [0.4, 0.5) is 8.78 Å². The maximum absolute atomic E-state index is 14.3. The summed E-state index contributed by atoms with van der Waals surface area (Å²) in [6.45, 7) is 0. The number of fused-ring (bicyclic) bond motifs is 1. The van der Waals surface area contributed by atoms with Gasteiger partial charge in [-0.05, 0) is 17.7 Å². The normalized spacial score (nSPS) is 12.2. The molecule has 0 aliphatic rings. The molecule has 140 valence electrons. The lowest BCUT2D eigenvalue weighted by Crippen LogP contribution is -2.09. The molecule has 0 aliphatic carbocycles. The van der Waals surface area contributed by atoms with Crippen LogP contribution in [0.3, 0.4) is 0 Å². The summed E-state index contributed by atoms with van der Waals surface area (Å²) in [7, 11) is 0. The molecule has 4 aromatic rings. The van der Waals surface area contributed by atoms with Crippen LogP contribution in [-0.2, 0) is 6.42 Å². The van der Waals surface area contributed by atoms with Gasteiger partial charge >= 0.3 is 0 Å². The van der Waals surface area contributed by atoms with Crippen LogP contribution in [0.15, 0.2) is 67.0 Å². The van der Waals surface area contributed by atoms with E-state index in [-0.39, 0.29) is 17.9 Å². The van der Waals surface area contributed by atoms with Crippen LogP contribution in [0, 0.1) is 11.6 Å². The molecule has 1 unspecified atom stereocenters. The molecule has 6 heteroatoms. The number of aromatic hydroxyl groups is 1. The molecule has 0 bridgehead atoms. The molecule has 4 rings (SSSR count). The molecule has 28 heavy (non-hydrogen) atoms. The van der Waals surface area contributed by atoms with Crippen LogP contribution in [0.2, 0.25) is 5.02 Å². The number of hydrogen-bond acceptors (Lipinski definition) is 3. The number of hydrogen-bond donors (Lipinski definition) is 1. The number of rotatable bonds is 4. The predicted octanol–water partition coefficient (Wildman–Crippen LogP) is 5.64. The lowest BCUT2D eigenvalue weighted by molar-refractivity contribution is 0.468. The fourth-order valence-corrected chi connectivity index (χ4v) is 3.63. The van der Waals surface area contributed by atoms with Gasteiger partial charge in [0.15, 0.2) is 0 Å². The van der Waals surface area contributed by atoms with Crippen LogP contribution in [0.25, 0.3) is 10.9 Å². The standard InChI is InChI=1S/C22H15ClF2N2O/c23-18-6-2-1-5-15(18)17(11-20-19(25)10-14(24)12-27-20)16-8-7-13-4-3-9-26-21(13)22(16)28/h1-10,12,17,28H,11H2. The van der Waals surface area contributed by atoms with Crippen molar-refractivity contribution >= 4 is 22.5 Å². The van der Waals surface area contributed by atoms with E-state index in [1.54, 1.807) is 30.5 Å².